The second-order valence-electron chi connectivity index (χ2n) is 29.0. The number of hydrogen-bond acceptors (Lipinski definition) is 5. The molecule has 7 nitrogen and oxygen atoms in total. The Bertz CT molecular complexity index is 7570. The first kappa shape index (κ1) is 60.6. The smallest absolute Gasteiger partial charge is 0.163 e. The van der Waals surface area contributed by atoms with Crippen molar-refractivity contribution in [3.8, 4) is 67.8 Å². The Kier molecular flexibility index (Phi) is 13.3. The quantitative estimate of drug-likeness (QED) is 0.166. The lowest BCUT2D eigenvalue weighted by atomic mass is 9.82. The number of nitrogens with zero attached hydrogens (tertiary/aromatic N) is 7. The summed E-state index contributed by atoms with van der Waals surface area (Å²) in [4.78, 5) is 25.8. The summed E-state index contributed by atoms with van der Waals surface area (Å²) in [5, 5.41) is 23.8. The van der Waals surface area contributed by atoms with Gasteiger partial charge in [-0.3, -0.25) is 0 Å². The van der Waals surface area contributed by atoms with Crippen LogP contribution in [0.15, 0.2) is 346 Å². The number of benzene rings is 17. The van der Waals surface area contributed by atoms with E-state index in [0.717, 1.165) is 88.7 Å². The zero-order valence-corrected chi connectivity index (χ0v) is 58.5. The van der Waals surface area contributed by atoms with Crippen molar-refractivity contribution in [2.45, 2.75) is 19.3 Å². The van der Waals surface area contributed by atoms with Crippen molar-refractivity contribution in [2.75, 3.05) is 0 Å². The minimum Gasteiger partial charge on any atom is -0.309 e. The molecule has 0 atom stereocenters. The molecule has 7 heteroatoms. The number of para-hydroxylation sites is 1. The third-order valence-electron chi connectivity index (χ3n) is 22.8. The number of pyridine rings is 1. The summed E-state index contributed by atoms with van der Waals surface area (Å²) in [5.74, 6) is 1.38. The van der Waals surface area contributed by atoms with Crippen molar-refractivity contribution < 1.29 is 0 Å². The molecule has 0 N–H and O–H groups in total. The maximum absolute atomic E-state index is 5.46. The molecule has 1 aliphatic rings. The highest BCUT2D eigenvalue weighted by Gasteiger charge is 2.36. The molecule has 0 unspecified atom stereocenters. The SMILES string of the molecule is CC1(C)c2ccccc2-c2ccc(-c3nc(-c4ccc(-n5c6cc7ccccc7cc6c6c7ccccc7ccc65)c5ccccc45)nc4ccccc34)cc21.c1ccc2cc(-c3nc(-c4ccc(-n5c6cc7ccccc7cc6c6c7ccccc7ccc65)c5ccccc45)nc4ncccc34)ccc2c1. The zero-order valence-electron chi connectivity index (χ0n) is 58.5. The van der Waals surface area contributed by atoms with Gasteiger partial charge >= 0.3 is 0 Å². The predicted molar refractivity (Wildman–Crippen MR) is 447 cm³/mol. The van der Waals surface area contributed by atoms with E-state index in [9.17, 15) is 0 Å². The largest absolute Gasteiger partial charge is 0.309 e. The average molecular weight is 1360 g/mol. The van der Waals surface area contributed by atoms with E-state index in [1.54, 1.807) is 6.20 Å². The minimum atomic E-state index is -0.106. The second-order valence-corrected chi connectivity index (χ2v) is 29.0. The van der Waals surface area contributed by atoms with Gasteiger partial charge in [-0.25, -0.2) is 24.9 Å². The van der Waals surface area contributed by atoms with Crippen molar-refractivity contribution in [3.63, 3.8) is 0 Å². The van der Waals surface area contributed by atoms with Crippen LogP contribution in [0.25, 0.3) is 209 Å². The summed E-state index contributed by atoms with van der Waals surface area (Å²) in [7, 11) is 0. The van der Waals surface area contributed by atoms with Crippen molar-refractivity contribution in [3.05, 3.63) is 357 Å². The van der Waals surface area contributed by atoms with Gasteiger partial charge in [0.1, 0.15) is 0 Å². The van der Waals surface area contributed by atoms with E-state index in [1.807, 2.05) is 6.07 Å². The molecular weight excluding hydrogens is 1300 g/mol. The average Bonchev–Trinajstić information content (AvgIpc) is 1.58. The third-order valence-corrected chi connectivity index (χ3v) is 22.8. The van der Waals surface area contributed by atoms with Crippen molar-refractivity contribution in [1.82, 2.24) is 34.1 Å². The maximum Gasteiger partial charge on any atom is 0.163 e. The Morgan fingerprint density at radius 3 is 1.27 bits per heavy atom. The normalized spacial score (nSPS) is 12.7. The summed E-state index contributed by atoms with van der Waals surface area (Å²) >= 11 is 0. The Morgan fingerprint density at radius 1 is 0.252 bits per heavy atom. The fourth-order valence-electron chi connectivity index (χ4n) is 17.7. The molecule has 0 bridgehead atoms. The Labute approximate surface area is 615 Å². The molecule has 0 saturated carbocycles. The minimum absolute atomic E-state index is 0.106. The van der Waals surface area contributed by atoms with E-state index in [-0.39, 0.29) is 5.41 Å². The highest BCUT2D eigenvalue weighted by atomic mass is 15.0. The molecule has 0 radical (unpaired) electrons. The molecule has 498 valence electrons. The van der Waals surface area contributed by atoms with Crippen LogP contribution in [0.4, 0.5) is 0 Å². The summed E-state index contributed by atoms with van der Waals surface area (Å²) in [6.07, 6.45) is 1.81. The van der Waals surface area contributed by atoms with E-state index in [1.165, 1.54) is 120 Å². The topological polar surface area (TPSA) is 74.3 Å². The molecule has 0 fully saturated rings. The molecule has 0 aliphatic heterocycles. The summed E-state index contributed by atoms with van der Waals surface area (Å²) in [6, 6.07) is 123. The number of rotatable bonds is 6. The van der Waals surface area contributed by atoms with Crippen LogP contribution >= 0.6 is 0 Å². The van der Waals surface area contributed by atoms with Gasteiger partial charge in [-0.15, -0.1) is 0 Å². The van der Waals surface area contributed by atoms with E-state index < -0.39 is 0 Å². The number of aromatic nitrogens is 7. The molecule has 22 aromatic rings. The van der Waals surface area contributed by atoms with Gasteiger partial charge in [0.15, 0.2) is 17.3 Å². The van der Waals surface area contributed by atoms with Gasteiger partial charge in [0.05, 0.1) is 50.3 Å². The van der Waals surface area contributed by atoms with Gasteiger partial charge in [-0.1, -0.05) is 263 Å². The highest BCUT2D eigenvalue weighted by Crippen LogP contribution is 2.51. The maximum atomic E-state index is 5.46. The fourth-order valence-corrected chi connectivity index (χ4v) is 17.7. The van der Waals surface area contributed by atoms with Gasteiger partial charge < -0.3 is 9.13 Å². The van der Waals surface area contributed by atoms with Gasteiger partial charge in [-0.05, 0) is 178 Å². The standard InChI is InChI=1S/C53H35N3.C47H28N4/c1-53(2)44-21-11-9-18-38(44)39-25-23-35(30-45(39)53)51-42-20-10-12-22-46(42)54-52(55-51)41-26-28-47(40-19-8-7-17-37(40)41)56-48-27-24-32-13-5-6-16-36(32)50(48)43-29-33-14-3-4-15-34(33)31-49(43)56;1-2-12-31-26-34(20-19-29(31)10-1)45-39-18-9-25-48-46(39)50-47(49-45)38-22-24-41(37-17-8-7-16-36(37)38)51-42-23-21-30-11-5-6-15-35(30)44(42)40-27-32-13-3-4-14-33(32)28-43(40)51/h3-31H,1-2H3;1-28H. The lowest BCUT2D eigenvalue weighted by Gasteiger charge is -2.22. The van der Waals surface area contributed by atoms with Crippen LogP contribution in [0.1, 0.15) is 25.0 Å². The Balaban J connectivity index is 0.000000134. The first-order valence-electron chi connectivity index (χ1n) is 36.7. The summed E-state index contributed by atoms with van der Waals surface area (Å²) in [5.41, 5.74) is 19.8. The molecule has 17 aromatic carbocycles. The number of hydrogen-bond donors (Lipinski definition) is 0. The monoisotopic (exact) mass is 1360 g/mol. The predicted octanol–water partition coefficient (Wildman–Crippen LogP) is 25.9. The van der Waals surface area contributed by atoms with Crippen LogP contribution in [0, 0.1) is 0 Å². The first-order chi connectivity index (χ1) is 52.8. The van der Waals surface area contributed by atoms with Gasteiger partial charge in [0.25, 0.3) is 0 Å². The Morgan fingerprint density at radius 2 is 0.673 bits per heavy atom. The van der Waals surface area contributed by atoms with Crippen molar-refractivity contribution in [2.24, 2.45) is 0 Å². The summed E-state index contributed by atoms with van der Waals surface area (Å²) < 4.78 is 4.91. The first-order valence-corrected chi connectivity index (χ1v) is 36.7. The van der Waals surface area contributed by atoms with Crippen LogP contribution in [0.3, 0.4) is 0 Å². The fraction of sp³-hybridized carbons (Fsp3) is 0.0300. The Hall–Kier alpha value is -14.0. The molecule has 0 spiro atoms. The molecule has 0 amide bonds. The van der Waals surface area contributed by atoms with E-state index in [4.69, 9.17) is 24.9 Å². The van der Waals surface area contributed by atoms with E-state index >= 15 is 0 Å². The van der Waals surface area contributed by atoms with Gasteiger partial charge in [0, 0.05) is 77.0 Å². The van der Waals surface area contributed by atoms with Crippen molar-refractivity contribution >= 4 is 141 Å². The van der Waals surface area contributed by atoms with E-state index in [2.05, 4.69) is 357 Å². The van der Waals surface area contributed by atoms with Crippen molar-refractivity contribution in [1.29, 1.82) is 0 Å². The zero-order chi connectivity index (χ0) is 70.6. The third kappa shape index (κ3) is 9.37. The van der Waals surface area contributed by atoms with Crippen LogP contribution in [-0.2, 0) is 5.41 Å². The van der Waals surface area contributed by atoms with Gasteiger partial charge in [0.2, 0.25) is 0 Å². The number of fused-ring (bicyclic) bond motifs is 20. The molecule has 1 aliphatic carbocycles. The summed E-state index contributed by atoms with van der Waals surface area (Å²) in [6.45, 7) is 4.67. The van der Waals surface area contributed by atoms with Crippen LogP contribution in [0.5, 0.6) is 0 Å². The highest BCUT2D eigenvalue weighted by molar-refractivity contribution is 6.26. The molecular formula is C100H63N7. The molecule has 0 saturated heterocycles. The lowest BCUT2D eigenvalue weighted by Crippen LogP contribution is -2.15. The second kappa shape index (κ2) is 23.5. The molecule has 23 rings (SSSR count). The van der Waals surface area contributed by atoms with Gasteiger partial charge in [-0.2, -0.15) is 0 Å². The lowest BCUT2D eigenvalue weighted by molar-refractivity contribution is 0.660. The van der Waals surface area contributed by atoms with Crippen LogP contribution in [-0.4, -0.2) is 34.1 Å². The van der Waals surface area contributed by atoms with Crippen LogP contribution < -0.4 is 0 Å². The van der Waals surface area contributed by atoms with E-state index in [0.29, 0.717) is 11.5 Å². The molecule has 107 heavy (non-hydrogen) atoms. The molecule has 5 aromatic heterocycles. The van der Waals surface area contributed by atoms with Crippen LogP contribution in [0.2, 0.25) is 0 Å². The molecule has 5 heterocycles.